The lowest BCUT2D eigenvalue weighted by molar-refractivity contribution is -0.143. The highest BCUT2D eigenvalue weighted by Gasteiger charge is 2.43. The average Bonchev–Trinajstić information content (AvgIpc) is 3.02. The Morgan fingerprint density at radius 3 is 2.68 bits per heavy atom. The van der Waals surface area contributed by atoms with E-state index in [1.54, 1.807) is 35.0 Å². The van der Waals surface area contributed by atoms with Crippen molar-refractivity contribution in [1.29, 1.82) is 0 Å². The van der Waals surface area contributed by atoms with Crippen molar-refractivity contribution < 1.29 is 18.7 Å². The van der Waals surface area contributed by atoms with Crippen molar-refractivity contribution >= 4 is 17.5 Å². The van der Waals surface area contributed by atoms with Gasteiger partial charge in [0.15, 0.2) is 0 Å². The highest BCUT2D eigenvalue weighted by molar-refractivity contribution is 5.96. The third-order valence-electron chi connectivity index (χ3n) is 5.57. The first-order valence-electron chi connectivity index (χ1n) is 9.36. The molecular formula is C20H23FN4O3. The third-order valence-corrected chi connectivity index (χ3v) is 5.57. The molecule has 2 aromatic rings. The molecule has 148 valence electrons. The maximum absolute atomic E-state index is 13.6. The van der Waals surface area contributed by atoms with Crippen LogP contribution in [0, 0.1) is 12.7 Å². The topological polar surface area (TPSA) is 67.7 Å². The normalized spacial score (nSPS) is 19.3. The molecule has 1 aromatic heterocycles. The van der Waals surface area contributed by atoms with E-state index in [2.05, 4.69) is 5.10 Å². The van der Waals surface area contributed by atoms with Gasteiger partial charge in [-0.25, -0.2) is 4.39 Å². The fourth-order valence-electron chi connectivity index (χ4n) is 3.99. The van der Waals surface area contributed by atoms with Crippen molar-refractivity contribution in [1.82, 2.24) is 14.7 Å². The number of piperidine rings is 1. The summed E-state index contributed by atoms with van der Waals surface area (Å²) in [5, 5.41) is 4.24. The number of aryl methyl sites for hydroxylation is 2. The highest BCUT2D eigenvalue weighted by atomic mass is 19.1. The number of amides is 2. The first-order chi connectivity index (χ1) is 13.4. The number of benzene rings is 1. The molecule has 2 saturated heterocycles. The van der Waals surface area contributed by atoms with Crippen LogP contribution in [0.15, 0.2) is 30.5 Å². The number of halogens is 1. The van der Waals surface area contributed by atoms with Crippen LogP contribution in [0.2, 0.25) is 0 Å². The van der Waals surface area contributed by atoms with Crippen LogP contribution in [0.1, 0.15) is 28.9 Å². The van der Waals surface area contributed by atoms with Gasteiger partial charge in [-0.2, -0.15) is 5.10 Å². The van der Waals surface area contributed by atoms with Gasteiger partial charge in [0.25, 0.3) is 11.8 Å². The van der Waals surface area contributed by atoms with E-state index in [9.17, 15) is 14.0 Å². The first kappa shape index (κ1) is 18.6. The summed E-state index contributed by atoms with van der Waals surface area (Å²) >= 11 is 0. The number of carbonyl (C=O) groups is 2. The number of rotatable bonds is 2. The summed E-state index contributed by atoms with van der Waals surface area (Å²) in [6, 6.07) is 6.04. The summed E-state index contributed by atoms with van der Waals surface area (Å²) in [5.74, 6) is -0.590. The van der Waals surface area contributed by atoms with E-state index in [0.29, 0.717) is 49.4 Å². The molecular weight excluding hydrogens is 363 g/mol. The van der Waals surface area contributed by atoms with Crippen LogP contribution in [0.25, 0.3) is 0 Å². The predicted molar refractivity (Wildman–Crippen MR) is 101 cm³/mol. The van der Waals surface area contributed by atoms with Crippen LogP contribution >= 0.6 is 0 Å². The Morgan fingerprint density at radius 1 is 1.29 bits per heavy atom. The summed E-state index contributed by atoms with van der Waals surface area (Å²) in [7, 11) is 1.79. The second-order valence-electron chi connectivity index (χ2n) is 7.53. The molecule has 2 aliphatic rings. The van der Waals surface area contributed by atoms with E-state index < -0.39 is 5.60 Å². The first-order valence-corrected chi connectivity index (χ1v) is 9.36. The minimum atomic E-state index is -0.513. The third kappa shape index (κ3) is 3.40. The van der Waals surface area contributed by atoms with Crippen molar-refractivity contribution in [2.45, 2.75) is 25.4 Å². The fraction of sp³-hybridized carbons (Fsp3) is 0.450. The Labute approximate surface area is 162 Å². The molecule has 28 heavy (non-hydrogen) atoms. The van der Waals surface area contributed by atoms with Crippen LogP contribution in [0.5, 0.6) is 0 Å². The molecule has 0 radical (unpaired) electrons. The molecule has 0 N–H and O–H groups in total. The minimum absolute atomic E-state index is 0.0330. The number of likely N-dealkylation sites (tertiary alicyclic amines) is 1. The fourth-order valence-corrected chi connectivity index (χ4v) is 3.99. The maximum atomic E-state index is 13.6. The zero-order valence-corrected chi connectivity index (χ0v) is 16.0. The monoisotopic (exact) mass is 386 g/mol. The van der Waals surface area contributed by atoms with E-state index >= 15 is 0 Å². The zero-order chi connectivity index (χ0) is 19.9. The molecule has 2 amide bonds. The van der Waals surface area contributed by atoms with Gasteiger partial charge in [0, 0.05) is 32.0 Å². The number of hydrogen-bond donors (Lipinski definition) is 0. The average molecular weight is 386 g/mol. The lowest BCUT2D eigenvalue weighted by Crippen LogP contribution is -2.59. The van der Waals surface area contributed by atoms with Crippen LogP contribution in [0.4, 0.5) is 10.1 Å². The van der Waals surface area contributed by atoms with Crippen molar-refractivity contribution in [3.05, 3.63) is 47.5 Å². The highest BCUT2D eigenvalue weighted by Crippen LogP contribution is 2.33. The van der Waals surface area contributed by atoms with E-state index in [0.717, 1.165) is 0 Å². The smallest absolute Gasteiger partial charge is 0.257 e. The van der Waals surface area contributed by atoms with Crippen molar-refractivity contribution in [3.8, 4) is 0 Å². The quantitative estimate of drug-likeness (QED) is 0.791. The Bertz CT molecular complexity index is 918. The van der Waals surface area contributed by atoms with Gasteiger partial charge in [-0.3, -0.25) is 14.3 Å². The summed E-state index contributed by atoms with van der Waals surface area (Å²) in [4.78, 5) is 28.5. The van der Waals surface area contributed by atoms with E-state index in [1.807, 2.05) is 11.8 Å². The maximum Gasteiger partial charge on any atom is 0.257 e. The van der Waals surface area contributed by atoms with Gasteiger partial charge in [0.05, 0.1) is 23.4 Å². The largest absolute Gasteiger partial charge is 0.363 e. The second kappa shape index (κ2) is 7.01. The van der Waals surface area contributed by atoms with Gasteiger partial charge in [-0.05, 0) is 38.0 Å². The zero-order valence-electron chi connectivity index (χ0n) is 16.0. The van der Waals surface area contributed by atoms with Gasteiger partial charge >= 0.3 is 0 Å². The minimum Gasteiger partial charge on any atom is -0.363 e. The van der Waals surface area contributed by atoms with Crippen molar-refractivity contribution in [2.75, 3.05) is 31.1 Å². The molecule has 0 bridgehead atoms. The number of ether oxygens (including phenoxy) is 1. The number of carbonyl (C=O) groups excluding carboxylic acids is 2. The molecule has 4 rings (SSSR count). The van der Waals surface area contributed by atoms with Gasteiger partial charge in [-0.1, -0.05) is 6.07 Å². The molecule has 0 atom stereocenters. The number of hydrogen-bond acceptors (Lipinski definition) is 4. The van der Waals surface area contributed by atoms with Crippen molar-refractivity contribution in [3.63, 3.8) is 0 Å². The lowest BCUT2D eigenvalue weighted by atomic mass is 9.88. The molecule has 2 aliphatic heterocycles. The standard InChI is InChI=1S/C20H23FN4O3/c1-14-17(11-23(2)22-14)19(27)24-8-6-20(7-9-24)13-25(18(26)12-28-20)16-5-3-4-15(21)10-16/h3-5,10-11H,6-9,12-13H2,1-2H3. The Morgan fingerprint density at radius 2 is 2.04 bits per heavy atom. The van der Waals surface area contributed by atoms with Crippen LogP contribution in [-0.2, 0) is 16.6 Å². The molecule has 3 heterocycles. The number of morpholine rings is 1. The lowest BCUT2D eigenvalue weighted by Gasteiger charge is -2.47. The van der Waals surface area contributed by atoms with Gasteiger partial charge in [-0.15, -0.1) is 0 Å². The molecule has 8 heteroatoms. The van der Waals surface area contributed by atoms with E-state index in [-0.39, 0.29) is 24.2 Å². The number of nitrogens with zero attached hydrogens (tertiary/aromatic N) is 4. The Kier molecular flexibility index (Phi) is 4.66. The summed E-state index contributed by atoms with van der Waals surface area (Å²) in [5.41, 5.74) is 1.35. The van der Waals surface area contributed by atoms with E-state index in [1.165, 1.54) is 12.1 Å². The van der Waals surface area contributed by atoms with Crippen LogP contribution in [-0.4, -0.2) is 58.3 Å². The second-order valence-corrected chi connectivity index (χ2v) is 7.53. The number of aromatic nitrogens is 2. The molecule has 1 aromatic carbocycles. The molecule has 1 spiro atoms. The molecule has 7 nitrogen and oxygen atoms in total. The van der Waals surface area contributed by atoms with Crippen LogP contribution in [0.3, 0.4) is 0 Å². The number of anilines is 1. The van der Waals surface area contributed by atoms with E-state index in [4.69, 9.17) is 4.74 Å². The van der Waals surface area contributed by atoms with Crippen molar-refractivity contribution in [2.24, 2.45) is 7.05 Å². The predicted octanol–water partition coefficient (Wildman–Crippen LogP) is 1.91. The summed E-state index contributed by atoms with van der Waals surface area (Å²) < 4.78 is 21.2. The Balaban J connectivity index is 1.46. The van der Waals surface area contributed by atoms with Gasteiger partial charge < -0.3 is 14.5 Å². The summed E-state index contributed by atoms with van der Waals surface area (Å²) in [6.07, 6.45) is 2.98. The molecule has 0 saturated carbocycles. The summed E-state index contributed by atoms with van der Waals surface area (Å²) in [6.45, 7) is 3.23. The SMILES string of the molecule is Cc1nn(C)cc1C(=O)N1CCC2(CC1)CN(c1cccc(F)c1)C(=O)CO2. The molecule has 0 unspecified atom stereocenters. The Hall–Kier alpha value is -2.74. The molecule has 2 fully saturated rings. The van der Waals surface area contributed by atoms with Gasteiger partial charge in [0.1, 0.15) is 12.4 Å². The van der Waals surface area contributed by atoms with Crippen LogP contribution < -0.4 is 4.90 Å². The van der Waals surface area contributed by atoms with Gasteiger partial charge in [0.2, 0.25) is 0 Å². The molecule has 0 aliphatic carbocycles.